The normalized spacial score (nSPS) is 21.5. The zero-order chi connectivity index (χ0) is 17.9. The number of hydrogen-bond acceptors (Lipinski definition) is 2. The first kappa shape index (κ1) is 18.5. The molecule has 2 N–H and O–H groups in total. The van der Waals surface area contributed by atoms with Gasteiger partial charge >= 0.3 is 6.18 Å². The van der Waals surface area contributed by atoms with Gasteiger partial charge < -0.3 is 10.3 Å². The smallest absolute Gasteiger partial charge is 0.352 e. The zero-order valence-corrected chi connectivity index (χ0v) is 13.9. The molecule has 0 bridgehead atoms. The van der Waals surface area contributed by atoms with Crippen molar-refractivity contribution < 1.29 is 18.0 Å². The maximum absolute atomic E-state index is 12.8. The second-order valence-electron chi connectivity index (χ2n) is 6.70. The number of rotatable bonds is 4. The van der Waals surface area contributed by atoms with Crippen molar-refractivity contribution >= 4 is 5.91 Å². The van der Waals surface area contributed by atoms with E-state index in [1.807, 2.05) is 6.07 Å². The second-order valence-corrected chi connectivity index (χ2v) is 6.70. The lowest BCUT2D eigenvalue weighted by atomic mass is 9.79. The number of amides is 1. The van der Waals surface area contributed by atoms with E-state index in [1.165, 1.54) is 0 Å². The fraction of sp³-hybridized carbons (Fsp3) is 0.647. The molecule has 134 valence electrons. The Labute approximate surface area is 138 Å². The molecule has 1 fully saturated rings. The van der Waals surface area contributed by atoms with Gasteiger partial charge in [-0.1, -0.05) is 6.42 Å². The van der Waals surface area contributed by atoms with E-state index in [9.17, 15) is 22.8 Å². The highest BCUT2D eigenvalue weighted by molar-refractivity contribution is 5.76. The van der Waals surface area contributed by atoms with E-state index in [0.29, 0.717) is 18.4 Å². The summed E-state index contributed by atoms with van der Waals surface area (Å²) in [6.07, 6.45) is -2.79. The molecule has 0 aliphatic heterocycles. The monoisotopic (exact) mass is 344 g/mol. The van der Waals surface area contributed by atoms with Crippen molar-refractivity contribution in [3.63, 3.8) is 0 Å². The lowest BCUT2D eigenvalue weighted by Gasteiger charge is -2.30. The lowest BCUT2D eigenvalue weighted by Crippen LogP contribution is -2.33. The first-order chi connectivity index (χ1) is 11.2. The Hall–Kier alpha value is -1.79. The lowest BCUT2D eigenvalue weighted by molar-refractivity contribution is -0.186. The van der Waals surface area contributed by atoms with Crippen molar-refractivity contribution in [3.8, 4) is 0 Å². The van der Waals surface area contributed by atoms with Gasteiger partial charge in [-0.25, -0.2) is 0 Å². The Morgan fingerprint density at radius 2 is 2.04 bits per heavy atom. The third-order valence-corrected chi connectivity index (χ3v) is 4.68. The van der Waals surface area contributed by atoms with Gasteiger partial charge in [-0.15, -0.1) is 0 Å². The molecule has 1 saturated carbocycles. The standard InChI is InChI=1S/C17H23F3N2O2/c1-10-6-11(2)22-16(24)14(10)9-21-15(23)8-12-4-3-5-13(7-12)17(18,19)20/h6,12-13H,3-5,7-9H2,1-2H3,(H,21,23)(H,22,24)/t12-,13+/m0/s1. The van der Waals surface area contributed by atoms with Gasteiger partial charge in [-0.05, 0) is 50.7 Å². The topological polar surface area (TPSA) is 62.0 Å². The van der Waals surface area contributed by atoms with Gasteiger partial charge in [0.1, 0.15) is 0 Å². The molecule has 1 amide bonds. The fourth-order valence-corrected chi connectivity index (χ4v) is 3.40. The summed E-state index contributed by atoms with van der Waals surface area (Å²) >= 11 is 0. The number of carbonyl (C=O) groups is 1. The molecule has 4 nitrogen and oxygen atoms in total. The van der Waals surface area contributed by atoms with E-state index in [-0.39, 0.29) is 43.2 Å². The number of H-pyrrole nitrogens is 1. The highest BCUT2D eigenvalue weighted by atomic mass is 19.4. The number of nitrogens with one attached hydrogen (secondary N) is 2. The number of halogens is 3. The Balaban J connectivity index is 1.89. The summed E-state index contributed by atoms with van der Waals surface area (Å²) in [7, 11) is 0. The number of aromatic nitrogens is 1. The predicted octanol–water partition coefficient (Wildman–Crippen LogP) is 3.37. The van der Waals surface area contributed by atoms with Crippen LogP contribution in [0.3, 0.4) is 0 Å². The van der Waals surface area contributed by atoms with Crippen LogP contribution in [0, 0.1) is 25.7 Å². The summed E-state index contributed by atoms with van der Waals surface area (Å²) in [5, 5.41) is 2.66. The number of pyridine rings is 1. The summed E-state index contributed by atoms with van der Waals surface area (Å²) < 4.78 is 38.4. The molecule has 0 saturated heterocycles. The van der Waals surface area contributed by atoms with E-state index >= 15 is 0 Å². The van der Waals surface area contributed by atoms with Gasteiger partial charge in [0.05, 0.1) is 5.92 Å². The third kappa shape index (κ3) is 4.85. The van der Waals surface area contributed by atoms with Crippen LogP contribution in [0.5, 0.6) is 0 Å². The van der Waals surface area contributed by atoms with E-state index in [0.717, 1.165) is 11.3 Å². The van der Waals surface area contributed by atoms with Crippen LogP contribution in [0.4, 0.5) is 13.2 Å². The van der Waals surface area contributed by atoms with Crippen molar-refractivity contribution in [1.29, 1.82) is 0 Å². The quantitative estimate of drug-likeness (QED) is 0.880. The maximum Gasteiger partial charge on any atom is 0.391 e. The maximum atomic E-state index is 12.8. The number of alkyl halides is 3. The molecule has 7 heteroatoms. The van der Waals surface area contributed by atoms with Crippen LogP contribution in [0.15, 0.2) is 10.9 Å². The predicted molar refractivity (Wildman–Crippen MR) is 84.5 cm³/mol. The molecule has 2 rings (SSSR count). The van der Waals surface area contributed by atoms with Gasteiger partial charge in [-0.3, -0.25) is 9.59 Å². The van der Waals surface area contributed by atoms with Crippen LogP contribution in [-0.2, 0) is 11.3 Å². The van der Waals surface area contributed by atoms with Gasteiger partial charge in [-0.2, -0.15) is 13.2 Å². The molecule has 0 unspecified atom stereocenters. The number of aryl methyl sites for hydroxylation is 2. The van der Waals surface area contributed by atoms with Crippen molar-refractivity contribution in [2.24, 2.45) is 11.8 Å². The highest BCUT2D eigenvalue weighted by Gasteiger charge is 2.42. The van der Waals surface area contributed by atoms with E-state index < -0.39 is 12.1 Å². The molecule has 0 spiro atoms. The summed E-state index contributed by atoms with van der Waals surface area (Å²) in [5.74, 6) is -1.85. The number of carbonyl (C=O) groups excluding carboxylic acids is 1. The van der Waals surface area contributed by atoms with Crippen molar-refractivity contribution in [1.82, 2.24) is 10.3 Å². The summed E-state index contributed by atoms with van der Waals surface area (Å²) in [6.45, 7) is 3.66. The van der Waals surface area contributed by atoms with Crippen molar-refractivity contribution in [2.45, 2.75) is 58.7 Å². The Morgan fingerprint density at radius 3 is 2.67 bits per heavy atom. The molecule has 1 aliphatic carbocycles. The van der Waals surface area contributed by atoms with Crippen LogP contribution >= 0.6 is 0 Å². The van der Waals surface area contributed by atoms with Gasteiger partial charge in [0.15, 0.2) is 0 Å². The molecule has 2 atom stereocenters. The number of aromatic amines is 1. The van der Waals surface area contributed by atoms with Gasteiger partial charge in [0, 0.05) is 24.2 Å². The van der Waals surface area contributed by atoms with Gasteiger partial charge in [0.25, 0.3) is 5.56 Å². The fourth-order valence-electron chi connectivity index (χ4n) is 3.40. The first-order valence-corrected chi connectivity index (χ1v) is 8.19. The Kier molecular flexibility index (Phi) is 5.72. The van der Waals surface area contributed by atoms with Crippen LogP contribution in [-0.4, -0.2) is 17.1 Å². The molecule has 0 radical (unpaired) electrons. The van der Waals surface area contributed by atoms with Crippen molar-refractivity contribution in [3.05, 3.63) is 33.2 Å². The van der Waals surface area contributed by atoms with Crippen LogP contribution < -0.4 is 10.9 Å². The van der Waals surface area contributed by atoms with Crippen LogP contribution in [0.25, 0.3) is 0 Å². The zero-order valence-electron chi connectivity index (χ0n) is 13.9. The highest BCUT2D eigenvalue weighted by Crippen LogP contribution is 2.40. The summed E-state index contributed by atoms with van der Waals surface area (Å²) in [5.41, 5.74) is 1.76. The Bertz CT molecular complexity index is 652. The number of hydrogen-bond donors (Lipinski definition) is 2. The SMILES string of the molecule is Cc1cc(C)c(CNC(=O)C[C@H]2CCC[C@@H](C(F)(F)F)C2)c(=O)[nH]1. The molecule has 0 aromatic carbocycles. The minimum atomic E-state index is -4.18. The Morgan fingerprint density at radius 1 is 1.33 bits per heavy atom. The summed E-state index contributed by atoms with van der Waals surface area (Å²) in [4.78, 5) is 26.6. The average Bonchev–Trinajstić information content (AvgIpc) is 2.45. The van der Waals surface area contributed by atoms with Crippen LogP contribution in [0.2, 0.25) is 0 Å². The molecular weight excluding hydrogens is 321 g/mol. The van der Waals surface area contributed by atoms with E-state index in [4.69, 9.17) is 0 Å². The third-order valence-electron chi connectivity index (χ3n) is 4.68. The first-order valence-electron chi connectivity index (χ1n) is 8.19. The minimum absolute atomic E-state index is 0.0149. The molecular formula is C17H23F3N2O2. The molecule has 1 heterocycles. The van der Waals surface area contributed by atoms with Gasteiger partial charge in [0.2, 0.25) is 5.91 Å². The summed E-state index contributed by atoms with van der Waals surface area (Å²) in [6, 6.07) is 1.82. The largest absolute Gasteiger partial charge is 0.391 e. The molecule has 1 aromatic heterocycles. The molecule has 1 aliphatic rings. The molecule has 1 aromatic rings. The van der Waals surface area contributed by atoms with E-state index in [1.54, 1.807) is 13.8 Å². The van der Waals surface area contributed by atoms with E-state index in [2.05, 4.69) is 10.3 Å². The molecule has 24 heavy (non-hydrogen) atoms. The average molecular weight is 344 g/mol. The van der Waals surface area contributed by atoms with Crippen molar-refractivity contribution in [2.75, 3.05) is 0 Å². The van der Waals surface area contributed by atoms with Crippen LogP contribution in [0.1, 0.15) is 48.9 Å². The second kappa shape index (κ2) is 7.40. The minimum Gasteiger partial charge on any atom is -0.352 e.